The molecule has 2 amide bonds. The van der Waals surface area contributed by atoms with E-state index in [1.165, 1.54) is 17.4 Å². The number of nitrogens with one attached hydrogen (secondary N) is 1. The number of halogens is 1. The van der Waals surface area contributed by atoms with Gasteiger partial charge in [0.1, 0.15) is 11.5 Å². The summed E-state index contributed by atoms with van der Waals surface area (Å²) in [5, 5.41) is 9.01. The summed E-state index contributed by atoms with van der Waals surface area (Å²) in [6.45, 7) is 0.414. The number of rotatable bonds is 4. The maximum Gasteiger partial charge on any atom is 0.284 e. The Bertz CT molecular complexity index is 1130. The van der Waals surface area contributed by atoms with E-state index in [2.05, 4.69) is 0 Å². The van der Waals surface area contributed by atoms with Gasteiger partial charge in [-0.1, -0.05) is 18.2 Å². The molecule has 1 fully saturated rings. The highest BCUT2D eigenvalue weighted by Gasteiger charge is 2.38. The number of hydroxylamine groups is 1. The summed E-state index contributed by atoms with van der Waals surface area (Å²) in [4.78, 5) is 28.3. The van der Waals surface area contributed by atoms with E-state index in [1.54, 1.807) is 34.6 Å². The van der Waals surface area contributed by atoms with Crippen LogP contribution in [0, 0.1) is 5.82 Å². The van der Waals surface area contributed by atoms with Crippen molar-refractivity contribution in [3.05, 3.63) is 81.1 Å². The van der Waals surface area contributed by atoms with E-state index in [0.29, 0.717) is 35.1 Å². The molecule has 1 aliphatic heterocycles. The molecule has 3 aromatic rings. The summed E-state index contributed by atoms with van der Waals surface area (Å²) < 4.78 is 16.8. The maximum atomic E-state index is 14.8. The van der Waals surface area contributed by atoms with Crippen LogP contribution in [0.15, 0.2) is 48.7 Å². The zero-order valence-corrected chi connectivity index (χ0v) is 16.9. The van der Waals surface area contributed by atoms with Crippen LogP contribution >= 0.6 is 11.3 Å². The summed E-state index contributed by atoms with van der Waals surface area (Å²) in [6, 6.07) is 11.6. The lowest BCUT2D eigenvalue weighted by Crippen LogP contribution is -2.41. The average Bonchev–Trinajstić information content (AvgIpc) is 3.32. The lowest BCUT2D eigenvalue weighted by Gasteiger charge is -2.36. The highest BCUT2D eigenvalue weighted by atomic mass is 32.1. The minimum atomic E-state index is -0.629. The smallest absolute Gasteiger partial charge is 0.284 e. The van der Waals surface area contributed by atoms with E-state index < -0.39 is 17.8 Å². The highest BCUT2D eigenvalue weighted by molar-refractivity contribution is 7.14. The van der Waals surface area contributed by atoms with Gasteiger partial charge in [0.15, 0.2) is 0 Å². The van der Waals surface area contributed by atoms with Crippen LogP contribution < -0.4 is 5.48 Å². The number of carbonyl (C=O) groups is 2. The number of benzene rings is 1. The van der Waals surface area contributed by atoms with Gasteiger partial charge in [-0.15, -0.1) is 11.3 Å². The first-order valence-corrected chi connectivity index (χ1v) is 10.7. The zero-order valence-electron chi connectivity index (χ0n) is 16.0. The molecular weight excluding hydrogens is 405 g/mol. The van der Waals surface area contributed by atoms with Gasteiger partial charge in [-0.2, -0.15) is 0 Å². The quantitative estimate of drug-likeness (QED) is 0.491. The third-order valence-corrected chi connectivity index (χ3v) is 6.98. The highest BCUT2D eigenvalue weighted by Crippen LogP contribution is 2.42. The molecule has 3 heterocycles. The summed E-state index contributed by atoms with van der Waals surface area (Å²) in [5.41, 5.74) is 3.55. The number of amides is 2. The van der Waals surface area contributed by atoms with Crippen molar-refractivity contribution in [2.75, 3.05) is 6.54 Å². The van der Waals surface area contributed by atoms with Gasteiger partial charge in [0.25, 0.3) is 11.8 Å². The molecular formula is C22H20FN3O3S. The topological polar surface area (TPSA) is 74.6 Å². The molecule has 0 bridgehead atoms. The van der Waals surface area contributed by atoms with Crippen molar-refractivity contribution in [1.82, 2.24) is 14.9 Å². The van der Waals surface area contributed by atoms with Crippen molar-refractivity contribution in [2.45, 2.75) is 31.3 Å². The molecule has 2 aromatic heterocycles. The molecule has 5 rings (SSSR count). The number of hydrogen-bond acceptors (Lipinski definition) is 4. The van der Waals surface area contributed by atoms with Crippen LogP contribution in [0.3, 0.4) is 0 Å². The number of carbonyl (C=O) groups excluding carboxylic acids is 2. The number of nitrogens with zero attached hydrogens (tertiary/aromatic N) is 2. The van der Waals surface area contributed by atoms with Gasteiger partial charge in [0.2, 0.25) is 0 Å². The van der Waals surface area contributed by atoms with Crippen LogP contribution in [0.5, 0.6) is 0 Å². The van der Waals surface area contributed by atoms with Gasteiger partial charge in [-0.05, 0) is 49.1 Å². The molecule has 8 heteroatoms. The summed E-state index contributed by atoms with van der Waals surface area (Å²) in [6.07, 6.45) is 4.60. The summed E-state index contributed by atoms with van der Waals surface area (Å²) >= 11 is 1.18. The molecule has 6 nitrogen and oxygen atoms in total. The van der Waals surface area contributed by atoms with Crippen molar-refractivity contribution in [2.24, 2.45) is 0 Å². The first-order chi connectivity index (χ1) is 14.6. The van der Waals surface area contributed by atoms with E-state index in [0.717, 1.165) is 23.3 Å². The van der Waals surface area contributed by atoms with E-state index in [-0.39, 0.29) is 5.91 Å². The van der Waals surface area contributed by atoms with Crippen LogP contribution in [-0.4, -0.2) is 33.0 Å². The Morgan fingerprint density at radius 2 is 1.97 bits per heavy atom. The van der Waals surface area contributed by atoms with Crippen LogP contribution in [0.1, 0.15) is 61.1 Å². The fraction of sp³-hybridized carbons (Fsp3) is 0.273. The Hall–Kier alpha value is -2.97. The molecule has 2 N–H and O–H groups in total. The average molecular weight is 425 g/mol. The number of hydrogen-bond donors (Lipinski definition) is 2. The van der Waals surface area contributed by atoms with Gasteiger partial charge < -0.3 is 9.47 Å². The summed E-state index contributed by atoms with van der Waals surface area (Å²) in [7, 11) is 0. The molecule has 0 radical (unpaired) electrons. The molecule has 30 heavy (non-hydrogen) atoms. The summed E-state index contributed by atoms with van der Waals surface area (Å²) in [5.74, 6) is -1.15. The first-order valence-electron chi connectivity index (χ1n) is 9.87. The van der Waals surface area contributed by atoms with Crippen LogP contribution in [0.25, 0.3) is 0 Å². The number of fused-ring (bicyclic) bond motifs is 1. The van der Waals surface area contributed by atoms with E-state index in [4.69, 9.17) is 5.21 Å². The largest absolute Gasteiger partial charge is 0.340 e. The molecule has 1 saturated carbocycles. The molecule has 2 aliphatic rings. The van der Waals surface area contributed by atoms with Gasteiger partial charge in [0.05, 0.1) is 10.9 Å². The third-order valence-electron chi connectivity index (χ3n) is 5.75. The first kappa shape index (κ1) is 19.0. The number of aromatic nitrogens is 1. The van der Waals surface area contributed by atoms with Crippen molar-refractivity contribution in [1.29, 1.82) is 0 Å². The lowest BCUT2D eigenvalue weighted by atomic mass is 9.94. The zero-order chi connectivity index (χ0) is 20.8. The SMILES string of the molecule is O=C(NO)c1cc2c(s1)C(c1ccccc1F)N(C(=O)c1cccn1C1CC1)CC2. The van der Waals surface area contributed by atoms with Crippen LogP contribution in [0.4, 0.5) is 4.39 Å². The Morgan fingerprint density at radius 3 is 2.70 bits per heavy atom. The standard InChI is InChI=1S/C22H20FN3O3S/c23-16-5-2-1-4-15(16)19-20-13(12-18(30-20)21(27)24-29)9-11-26(19)22(28)17-6-3-10-25(17)14-7-8-14/h1-6,10,12,14,19,29H,7-9,11H2,(H,24,27). The van der Waals surface area contributed by atoms with E-state index >= 15 is 0 Å². The Balaban J connectivity index is 1.61. The Kier molecular flexibility index (Phi) is 4.67. The Morgan fingerprint density at radius 1 is 1.17 bits per heavy atom. The van der Waals surface area contributed by atoms with Crippen molar-refractivity contribution in [3.63, 3.8) is 0 Å². The second-order valence-corrected chi connectivity index (χ2v) is 8.73. The fourth-order valence-electron chi connectivity index (χ4n) is 4.17. The minimum absolute atomic E-state index is 0.146. The second-order valence-electron chi connectivity index (χ2n) is 7.65. The molecule has 1 aliphatic carbocycles. The van der Waals surface area contributed by atoms with Gasteiger partial charge in [-0.3, -0.25) is 14.8 Å². The minimum Gasteiger partial charge on any atom is -0.340 e. The molecule has 154 valence electrons. The number of thiophene rings is 1. The lowest BCUT2D eigenvalue weighted by molar-refractivity contribution is 0.0682. The Labute approximate surface area is 176 Å². The normalized spacial score (nSPS) is 18.2. The third kappa shape index (κ3) is 3.12. The predicted octanol–water partition coefficient (Wildman–Crippen LogP) is 3.93. The van der Waals surface area contributed by atoms with Crippen LogP contribution in [-0.2, 0) is 6.42 Å². The fourth-order valence-corrected chi connectivity index (χ4v) is 5.40. The second kappa shape index (κ2) is 7.37. The molecule has 1 aromatic carbocycles. The maximum absolute atomic E-state index is 14.8. The molecule has 0 saturated heterocycles. The van der Waals surface area contributed by atoms with E-state index in [1.807, 2.05) is 22.9 Å². The predicted molar refractivity (Wildman–Crippen MR) is 109 cm³/mol. The van der Waals surface area contributed by atoms with Crippen LogP contribution in [0.2, 0.25) is 0 Å². The molecule has 1 atom stereocenters. The van der Waals surface area contributed by atoms with Crippen molar-refractivity contribution in [3.8, 4) is 0 Å². The van der Waals surface area contributed by atoms with Gasteiger partial charge in [-0.25, -0.2) is 9.87 Å². The van der Waals surface area contributed by atoms with Gasteiger partial charge >= 0.3 is 0 Å². The van der Waals surface area contributed by atoms with Gasteiger partial charge in [0, 0.05) is 29.2 Å². The van der Waals surface area contributed by atoms with Crippen molar-refractivity contribution < 1.29 is 19.2 Å². The van der Waals surface area contributed by atoms with E-state index in [9.17, 15) is 14.0 Å². The van der Waals surface area contributed by atoms with Crippen molar-refractivity contribution >= 4 is 23.2 Å². The monoisotopic (exact) mass is 425 g/mol. The molecule has 0 spiro atoms. The molecule has 1 unspecified atom stereocenters.